The van der Waals surface area contributed by atoms with E-state index < -0.39 is 0 Å². The molecule has 1 aliphatic carbocycles. The summed E-state index contributed by atoms with van der Waals surface area (Å²) in [6.07, 6.45) is 4.23. The summed E-state index contributed by atoms with van der Waals surface area (Å²) in [6, 6.07) is 1.94. The molecule has 0 aromatic carbocycles. The van der Waals surface area contributed by atoms with E-state index >= 15 is 0 Å². The van der Waals surface area contributed by atoms with E-state index in [0.717, 1.165) is 11.0 Å². The molecule has 1 fully saturated rings. The van der Waals surface area contributed by atoms with Gasteiger partial charge in [-0.15, -0.1) is 0 Å². The Labute approximate surface area is 109 Å². The third kappa shape index (κ3) is 1.79. The van der Waals surface area contributed by atoms with Crippen molar-refractivity contribution in [1.29, 1.82) is 0 Å². The molecule has 1 saturated carbocycles. The molecule has 3 atom stereocenters. The smallest absolute Gasteiger partial charge is 0.145 e. The van der Waals surface area contributed by atoms with E-state index in [2.05, 4.69) is 9.97 Å². The summed E-state index contributed by atoms with van der Waals surface area (Å²) < 4.78 is 1.99. The monoisotopic (exact) mass is 267 g/mol. The lowest BCUT2D eigenvalue weighted by Gasteiger charge is -2.19. The van der Waals surface area contributed by atoms with Crippen LogP contribution in [0.4, 0.5) is 0 Å². The predicted molar refractivity (Wildman–Crippen MR) is 67.4 cm³/mol. The fraction of sp³-hybridized carbons (Fsp3) is 0.500. The first kappa shape index (κ1) is 11.9. The number of aromatic nitrogens is 3. The van der Waals surface area contributed by atoms with Crippen LogP contribution in [0, 0.1) is 5.92 Å². The van der Waals surface area contributed by atoms with E-state index in [1.807, 2.05) is 16.8 Å². The van der Waals surface area contributed by atoms with Gasteiger partial charge in [0.1, 0.15) is 17.1 Å². The molecular weight excluding hydrogens is 254 g/mol. The number of hydrogen-bond donors (Lipinski definition) is 2. The van der Waals surface area contributed by atoms with Crippen LogP contribution in [-0.4, -0.2) is 37.5 Å². The average molecular weight is 268 g/mol. The molecule has 0 radical (unpaired) electrons. The Morgan fingerprint density at radius 3 is 3.00 bits per heavy atom. The van der Waals surface area contributed by atoms with Gasteiger partial charge >= 0.3 is 0 Å². The second kappa shape index (κ2) is 4.50. The van der Waals surface area contributed by atoms with Crippen LogP contribution < -0.4 is 0 Å². The molecule has 0 saturated heterocycles. The summed E-state index contributed by atoms with van der Waals surface area (Å²) in [5.41, 5.74) is 0.757. The van der Waals surface area contributed by atoms with E-state index in [1.54, 1.807) is 0 Å². The normalized spacial score (nSPS) is 28.1. The minimum Gasteiger partial charge on any atom is -0.396 e. The number of aliphatic hydroxyl groups excluding tert-OH is 2. The van der Waals surface area contributed by atoms with Gasteiger partial charge in [-0.2, -0.15) is 0 Å². The highest BCUT2D eigenvalue weighted by Gasteiger charge is 2.34. The van der Waals surface area contributed by atoms with Crippen molar-refractivity contribution >= 4 is 22.6 Å². The molecule has 6 heteroatoms. The minimum atomic E-state index is -0.359. The van der Waals surface area contributed by atoms with Crippen molar-refractivity contribution in [2.45, 2.75) is 25.0 Å². The van der Waals surface area contributed by atoms with Gasteiger partial charge in [-0.05, 0) is 18.9 Å². The largest absolute Gasteiger partial charge is 0.396 e. The van der Waals surface area contributed by atoms with Crippen LogP contribution in [0.15, 0.2) is 18.6 Å². The Morgan fingerprint density at radius 2 is 2.22 bits per heavy atom. The Kier molecular flexibility index (Phi) is 2.97. The number of halogens is 1. The topological polar surface area (TPSA) is 71.2 Å². The van der Waals surface area contributed by atoms with Crippen LogP contribution in [0.2, 0.25) is 5.15 Å². The van der Waals surface area contributed by atoms with Crippen molar-refractivity contribution in [2.24, 2.45) is 5.92 Å². The number of fused-ring (bicyclic) bond motifs is 1. The third-order valence-electron chi connectivity index (χ3n) is 3.68. The van der Waals surface area contributed by atoms with Gasteiger partial charge in [0.05, 0.1) is 11.5 Å². The van der Waals surface area contributed by atoms with Crippen LogP contribution in [0.5, 0.6) is 0 Å². The zero-order valence-corrected chi connectivity index (χ0v) is 10.5. The Morgan fingerprint density at radius 1 is 1.39 bits per heavy atom. The highest BCUT2D eigenvalue weighted by molar-refractivity contribution is 6.33. The molecule has 18 heavy (non-hydrogen) atoms. The summed E-state index contributed by atoms with van der Waals surface area (Å²) in [5, 5.41) is 20.4. The molecule has 2 N–H and O–H groups in total. The van der Waals surface area contributed by atoms with Crippen LogP contribution in [0.25, 0.3) is 11.0 Å². The first-order valence-corrected chi connectivity index (χ1v) is 6.34. The summed E-state index contributed by atoms with van der Waals surface area (Å²) in [5.74, 6) is 0.0596. The molecule has 2 aromatic heterocycles. The van der Waals surface area contributed by atoms with E-state index in [1.165, 1.54) is 6.33 Å². The van der Waals surface area contributed by atoms with Gasteiger partial charge in [-0.1, -0.05) is 11.6 Å². The van der Waals surface area contributed by atoms with Gasteiger partial charge in [-0.3, -0.25) is 0 Å². The Balaban J connectivity index is 2.07. The molecule has 3 rings (SSSR count). The van der Waals surface area contributed by atoms with Crippen molar-refractivity contribution in [3.05, 3.63) is 23.7 Å². The molecule has 2 aromatic rings. The number of nitrogens with zero attached hydrogens (tertiary/aromatic N) is 3. The maximum Gasteiger partial charge on any atom is 0.145 e. The molecule has 0 bridgehead atoms. The zero-order chi connectivity index (χ0) is 12.7. The lowest BCUT2D eigenvalue weighted by atomic mass is 10.1. The molecule has 0 spiro atoms. The minimum absolute atomic E-state index is 0.0596. The van der Waals surface area contributed by atoms with Crippen LogP contribution in [0.3, 0.4) is 0 Å². The molecular formula is C12H14ClN3O2. The Hall–Kier alpha value is -1.17. The van der Waals surface area contributed by atoms with Gasteiger partial charge in [0.2, 0.25) is 0 Å². The standard InChI is InChI=1S/C12H14ClN3O2/c13-11-9-1-2-16(12(9)15-6-14-11)10-4-8(18)3-7(10)5-17/h1-2,6-8,10,17-18H,3-5H2/t7-,8+,10-/m0/s1. The summed E-state index contributed by atoms with van der Waals surface area (Å²) in [6.45, 7) is 0.0697. The van der Waals surface area contributed by atoms with E-state index in [9.17, 15) is 10.2 Å². The second-order valence-corrected chi connectivity index (χ2v) is 5.12. The lowest BCUT2D eigenvalue weighted by molar-refractivity contribution is 0.163. The summed E-state index contributed by atoms with van der Waals surface area (Å²) in [4.78, 5) is 8.19. The molecule has 0 unspecified atom stereocenters. The molecule has 2 heterocycles. The lowest BCUT2D eigenvalue weighted by Crippen LogP contribution is -2.16. The molecule has 0 aliphatic heterocycles. The van der Waals surface area contributed by atoms with Gasteiger partial charge in [0, 0.05) is 24.8 Å². The van der Waals surface area contributed by atoms with E-state index in [4.69, 9.17) is 11.6 Å². The molecule has 1 aliphatic rings. The van der Waals surface area contributed by atoms with Crippen LogP contribution in [-0.2, 0) is 0 Å². The van der Waals surface area contributed by atoms with Crippen LogP contribution in [0.1, 0.15) is 18.9 Å². The van der Waals surface area contributed by atoms with E-state index in [0.29, 0.717) is 18.0 Å². The number of rotatable bonds is 2. The second-order valence-electron chi connectivity index (χ2n) is 4.76. The predicted octanol–water partition coefficient (Wildman–Crippen LogP) is 1.39. The van der Waals surface area contributed by atoms with Gasteiger partial charge in [0.25, 0.3) is 0 Å². The zero-order valence-electron chi connectivity index (χ0n) is 9.70. The van der Waals surface area contributed by atoms with Gasteiger partial charge in [0.15, 0.2) is 0 Å². The first-order chi connectivity index (χ1) is 8.70. The fourth-order valence-electron chi connectivity index (χ4n) is 2.82. The van der Waals surface area contributed by atoms with Crippen LogP contribution >= 0.6 is 11.6 Å². The van der Waals surface area contributed by atoms with E-state index in [-0.39, 0.29) is 24.7 Å². The maximum absolute atomic E-state index is 9.74. The molecule has 96 valence electrons. The highest BCUT2D eigenvalue weighted by Crippen LogP contribution is 2.38. The summed E-state index contributed by atoms with van der Waals surface area (Å²) in [7, 11) is 0. The first-order valence-electron chi connectivity index (χ1n) is 5.96. The van der Waals surface area contributed by atoms with Crippen molar-refractivity contribution in [3.63, 3.8) is 0 Å². The number of hydrogen-bond acceptors (Lipinski definition) is 4. The third-order valence-corrected chi connectivity index (χ3v) is 3.99. The SMILES string of the molecule is OC[C@@H]1C[C@@H](O)C[C@@H]1n1ccc2c(Cl)ncnc21. The highest BCUT2D eigenvalue weighted by atomic mass is 35.5. The maximum atomic E-state index is 9.74. The van der Waals surface area contributed by atoms with Crippen molar-refractivity contribution in [2.75, 3.05) is 6.61 Å². The van der Waals surface area contributed by atoms with Gasteiger partial charge in [-0.25, -0.2) is 9.97 Å². The van der Waals surface area contributed by atoms with Gasteiger partial charge < -0.3 is 14.8 Å². The fourth-order valence-corrected chi connectivity index (χ4v) is 3.01. The van der Waals surface area contributed by atoms with Crippen molar-refractivity contribution in [1.82, 2.24) is 14.5 Å². The summed E-state index contributed by atoms with van der Waals surface area (Å²) >= 11 is 6.01. The van der Waals surface area contributed by atoms with Crippen molar-refractivity contribution < 1.29 is 10.2 Å². The van der Waals surface area contributed by atoms with Crippen molar-refractivity contribution in [3.8, 4) is 0 Å². The molecule has 0 amide bonds. The number of aliphatic hydroxyl groups is 2. The Bertz CT molecular complexity index is 571. The average Bonchev–Trinajstić information content (AvgIpc) is 2.93. The quantitative estimate of drug-likeness (QED) is 0.807. The molecule has 5 nitrogen and oxygen atoms in total.